The van der Waals surface area contributed by atoms with Crippen molar-refractivity contribution in [2.24, 2.45) is 0 Å². The minimum Gasteiger partial charge on any atom is -0.374 e. The Balaban J connectivity index is 1.82. The lowest BCUT2D eigenvalue weighted by Crippen LogP contribution is -2.45. The van der Waals surface area contributed by atoms with Crippen molar-refractivity contribution in [1.82, 2.24) is 14.7 Å². The molecule has 1 unspecified atom stereocenters. The maximum Gasteiger partial charge on any atom is 0.251 e. The molecule has 2 heterocycles. The maximum atomic E-state index is 12.2. The first-order valence-electron chi connectivity index (χ1n) is 5.33. The second-order valence-electron chi connectivity index (χ2n) is 3.87. The predicted molar refractivity (Wildman–Crippen MR) is 54.4 cm³/mol. The highest BCUT2D eigenvalue weighted by Crippen LogP contribution is 2.09. The molecule has 1 aromatic heterocycles. The van der Waals surface area contributed by atoms with Crippen LogP contribution in [0.1, 0.15) is 0 Å². The number of hydrogen-bond donors (Lipinski definition) is 0. The molecule has 1 aliphatic heterocycles. The van der Waals surface area contributed by atoms with Crippen molar-refractivity contribution in [2.75, 3.05) is 26.2 Å². The molecule has 0 aromatic carbocycles. The molecule has 4 nitrogen and oxygen atoms in total. The Morgan fingerprint density at radius 3 is 3.06 bits per heavy atom. The van der Waals surface area contributed by atoms with Gasteiger partial charge in [-0.15, -0.1) is 0 Å². The van der Waals surface area contributed by atoms with Gasteiger partial charge in [-0.2, -0.15) is 5.10 Å². The minimum absolute atomic E-state index is 0.0487. The molecule has 0 N–H and O–H groups in total. The van der Waals surface area contributed by atoms with Crippen molar-refractivity contribution in [3.8, 4) is 0 Å². The summed E-state index contributed by atoms with van der Waals surface area (Å²) in [4.78, 5) is 1.74. The van der Waals surface area contributed by atoms with Crippen LogP contribution in [0.15, 0.2) is 18.5 Å². The summed E-state index contributed by atoms with van der Waals surface area (Å²) in [6.07, 6.45) is 1.21. The molecule has 0 bridgehead atoms. The van der Waals surface area contributed by atoms with Crippen LogP contribution in [0.25, 0.3) is 0 Å². The molecule has 0 aliphatic carbocycles. The second-order valence-corrected chi connectivity index (χ2v) is 3.87. The Labute approximate surface area is 92.8 Å². The van der Waals surface area contributed by atoms with E-state index in [-0.39, 0.29) is 12.6 Å². The zero-order chi connectivity index (χ0) is 11.4. The van der Waals surface area contributed by atoms with Gasteiger partial charge in [0, 0.05) is 25.5 Å². The number of halogens is 2. The van der Waals surface area contributed by atoms with Gasteiger partial charge in [-0.25, -0.2) is 8.78 Å². The van der Waals surface area contributed by atoms with Crippen LogP contribution in [0.2, 0.25) is 0 Å². The minimum atomic E-state index is -2.27. The zero-order valence-electron chi connectivity index (χ0n) is 8.93. The van der Waals surface area contributed by atoms with Crippen molar-refractivity contribution in [2.45, 2.75) is 19.1 Å². The summed E-state index contributed by atoms with van der Waals surface area (Å²) in [7, 11) is 0. The first-order chi connectivity index (χ1) is 7.74. The monoisotopic (exact) mass is 231 g/mol. The second kappa shape index (κ2) is 5.36. The van der Waals surface area contributed by atoms with Crippen LogP contribution < -0.4 is 0 Å². The van der Waals surface area contributed by atoms with Crippen LogP contribution in [0.5, 0.6) is 0 Å². The van der Waals surface area contributed by atoms with Crippen LogP contribution in [0, 0.1) is 0 Å². The topological polar surface area (TPSA) is 30.3 Å². The summed E-state index contributed by atoms with van der Waals surface area (Å²) >= 11 is 0. The molecule has 0 spiro atoms. The lowest BCUT2D eigenvalue weighted by atomic mass is 10.2. The van der Waals surface area contributed by atoms with Crippen LogP contribution in [0.3, 0.4) is 0 Å². The number of alkyl halides is 2. The lowest BCUT2D eigenvalue weighted by molar-refractivity contribution is -0.0520. The van der Waals surface area contributed by atoms with Gasteiger partial charge in [0.1, 0.15) is 0 Å². The van der Waals surface area contributed by atoms with Gasteiger partial charge in [-0.3, -0.25) is 9.58 Å². The van der Waals surface area contributed by atoms with Gasteiger partial charge in [-0.05, 0) is 6.07 Å². The average molecular weight is 231 g/mol. The third-order valence-corrected chi connectivity index (χ3v) is 2.57. The molecule has 90 valence electrons. The Kier molecular flexibility index (Phi) is 3.84. The Bertz CT molecular complexity index is 305. The van der Waals surface area contributed by atoms with Crippen molar-refractivity contribution in [3.05, 3.63) is 18.5 Å². The molecule has 1 atom stereocenters. The summed E-state index contributed by atoms with van der Waals surface area (Å²) in [6.45, 7) is 2.09. The molecule has 0 saturated carbocycles. The molecule has 1 aromatic rings. The highest BCUT2D eigenvalue weighted by molar-refractivity contribution is 4.80. The standard InChI is InChI=1S/C10H15F2N3O/c11-10(12)8-14-4-5-16-9(6-14)7-15-3-1-2-13-15/h1-3,9-10H,4-8H2. The van der Waals surface area contributed by atoms with Gasteiger partial charge in [0.2, 0.25) is 0 Å². The summed E-state index contributed by atoms with van der Waals surface area (Å²) < 4.78 is 31.7. The van der Waals surface area contributed by atoms with Gasteiger partial charge >= 0.3 is 0 Å². The highest BCUT2D eigenvalue weighted by Gasteiger charge is 2.22. The SMILES string of the molecule is FC(F)CN1CCOC(Cn2cccn2)C1. The van der Waals surface area contributed by atoms with E-state index in [1.807, 2.05) is 12.3 Å². The third kappa shape index (κ3) is 3.24. The number of nitrogens with zero attached hydrogens (tertiary/aromatic N) is 3. The van der Waals surface area contributed by atoms with Crippen LogP contribution in [0.4, 0.5) is 8.78 Å². The summed E-state index contributed by atoms with van der Waals surface area (Å²) in [5.41, 5.74) is 0. The molecule has 2 rings (SSSR count). The summed E-state index contributed by atoms with van der Waals surface area (Å²) in [6, 6.07) is 1.83. The van der Waals surface area contributed by atoms with Crippen molar-refractivity contribution in [3.63, 3.8) is 0 Å². The number of hydrogen-bond acceptors (Lipinski definition) is 3. The maximum absolute atomic E-state index is 12.2. The number of morpholine rings is 1. The number of rotatable bonds is 4. The smallest absolute Gasteiger partial charge is 0.251 e. The van der Waals surface area contributed by atoms with Crippen molar-refractivity contribution >= 4 is 0 Å². The van der Waals surface area contributed by atoms with Crippen molar-refractivity contribution < 1.29 is 13.5 Å². The van der Waals surface area contributed by atoms with E-state index >= 15 is 0 Å². The van der Waals surface area contributed by atoms with E-state index in [9.17, 15) is 8.78 Å². The largest absolute Gasteiger partial charge is 0.374 e. The quantitative estimate of drug-likeness (QED) is 0.769. The Hall–Kier alpha value is -1.01. The first-order valence-corrected chi connectivity index (χ1v) is 5.33. The molecule has 1 aliphatic rings. The van der Waals surface area contributed by atoms with Gasteiger partial charge in [0.25, 0.3) is 6.43 Å². The van der Waals surface area contributed by atoms with E-state index in [1.54, 1.807) is 15.8 Å². The van der Waals surface area contributed by atoms with Crippen LogP contribution in [-0.2, 0) is 11.3 Å². The van der Waals surface area contributed by atoms with Gasteiger partial charge in [-0.1, -0.05) is 0 Å². The van der Waals surface area contributed by atoms with E-state index in [4.69, 9.17) is 4.74 Å². The van der Waals surface area contributed by atoms with Crippen molar-refractivity contribution in [1.29, 1.82) is 0 Å². The molecule has 6 heteroatoms. The lowest BCUT2D eigenvalue weighted by Gasteiger charge is -2.32. The molecule has 1 saturated heterocycles. The van der Waals surface area contributed by atoms with E-state index in [0.29, 0.717) is 26.2 Å². The number of ether oxygens (including phenoxy) is 1. The molecule has 1 fully saturated rings. The fraction of sp³-hybridized carbons (Fsp3) is 0.700. The van der Waals surface area contributed by atoms with E-state index < -0.39 is 6.43 Å². The van der Waals surface area contributed by atoms with Crippen LogP contribution >= 0.6 is 0 Å². The highest BCUT2D eigenvalue weighted by atomic mass is 19.3. The number of aromatic nitrogens is 2. The van der Waals surface area contributed by atoms with Gasteiger partial charge < -0.3 is 4.74 Å². The fourth-order valence-electron chi connectivity index (χ4n) is 1.87. The first kappa shape index (κ1) is 11.5. The van der Waals surface area contributed by atoms with E-state index in [1.165, 1.54) is 0 Å². The molecular weight excluding hydrogens is 216 g/mol. The summed E-state index contributed by atoms with van der Waals surface area (Å²) in [5.74, 6) is 0. The fourth-order valence-corrected chi connectivity index (χ4v) is 1.87. The van der Waals surface area contributed by atoms with E-state index in [0.717, 1.165) is 0 Å². The third-order valence-electron chi connectivity index (χ3n) is 2.57. The van der Waals surface area contributed by atoms with Gasteiger partial charge in [0.05, 0.1) is 25.8 Å². The average Bonchev–Trinajstić information content (AvgIpc) is 2.70. The normalized spacial score (nSPS) is 22.8. The molecule has 0 amide bonds. The Morgan fingerprint density at radius 2 is 2.38 bits per heavy atom. The molecular formula is C10H15F2N3O. The predicted octanol–water partition coefficient (Wildman–Crippen LogP) is 0.849. The molecule has 16 heavy (non-hydrogen) atoms. The van der Waals surface area contributed by atoms with Gasteiger partial charge in [0.15, 0.2) is 0 Å². The molecule has 0 radical (unpaired) electrons. The van der Waals surface area contributed by atoms with E-state index in [2.05, 4.69) is 5.10 Å². The zero-order valence-corrected chi connectivity index (χ0v) is 8.93. The Morgan fingerprint density at radius 1 is 1.50 bits per heavy atom. The summed E-state index contributed by atoms with van der Waals surface area (Å²) in [5, 5.41) is 4.07. The van der Waals surface area contributed by atoms with Crippen LogP contribution in [-0.4, -0.2) is 53.5 Å².